The van der Waals surface area contributed by atoms with Crippen LogP contribution in [-0.4, -0.2) is 19.9 Å². The molecule has 2 aromatic rings. The topological polar surface area (TPSA) is 50.9 Å². The third kappa shape index (κ3) is 2.81. The number of rotatable bonds is 4. The van der Waals surface area contributed by atoms with Gasteiger partial charge in [-0.1, -0.05) is 18.2 Å². The van der Waals surface area contributed by atoms with Crippen molar-refractivity contribution in [1.29, 1.82) is 0 Å². The van der Waals surface area contributed by atoms with Gasteiger partial charge in [0, 0.05) is 18.0 Å². The highest BCUT2D eigenvalue weighted by Crippen LogP contribution is 2.23. The molecule has 4 nitrogen and oxygen atoms in total. The second kappa shape index (κ2) is 5.48. The first-order valence-corrected chi connectivity index (χ1v) is 6.32. The molecule has 0 radical (unpaired) electrons. The predicted octanol–water partition coefficient (Wildman–Crippen LogP) is 2.58. The van der Waals surface area contributed by atoms with E-state index in [1.807, 2.05) is 13.8 Å². The van der Waals surface area contributed by atoms with Gasteiger partial charge in [-0.15, -0.1) is 0 Å². The summed E-state index contributed by atoms with van der Waals surface area (Å²) in [6, 6.07) is 5.18. The molecule has 0 aliphatic heterocycles. The molecule has 0 bridgehead atoms. The Morgan fingerprint density at radius 2 is 2.11 bits per heavy atom. The largest absolute Gasteiger partial charge is 0.388 e. The molecule has 1 heterocycles. The van der Waals surface area contributed by atoms with Gasteiger partial charge in [0.2, 0.25) is 0 Å². The van der Waals surface area contributed by atoms with E-state index in [1.54, 1.807) is 29.8 Å². The highest BCUT2D eigenvalue weighted by atomic mass is 19.1. The Hall–Kier alpha value is -1.75. The molecule has 1 N–H and O–H groups in total. The number of aryl methyl sites for hydroxylation is 1. The van der Waals surface area contributed by atoms with Crippen LogP contribution in [0, 0.1) is 12.7 Å². The predicted molar refractivity (Wildman–Crippen MR) is 70.2 cm³/mol. The Kier molecular flexibility index (Phi) is 3.95. The molecule has 1 atom stereocenters. The summed E-state index contributed by atoms with van der Waals surface area (Å²) in [7, 11) is 0. The van der Waals surface area contributed by atoms with Crippen LogP contribution in [0.4, 0.5) is 4.39 Å². The Balaban J connectivity index is 2.23. The first kappa shape index (κ1) is 13.7. The smallest absolute Gasteiger partial charge is 0.138 e. The third-order valence-corrected chi connectivity index (χ3v) is 3.09. The Morgan fingerprint density at radius 1 is 1.37 bits per heavy atom. The van der Waals surface area contributed by atoms with Gasteiger partial charge < -0.3 is 5.11 Å². The van der Waals surface area contributed by atoms with Gasteiger partial charge in [0.15, 0.2) is 0 Å². The normalized spacial score (nSPS) is 12.9. The van der Waals surface area contributed by atoms with Crippen molar-refractivity contribution in [2.75, 3.05) is 0 Å². The number of aliphatic hydroxyl groups excluding tert-OH is 1. The molecule has 0 aliphatic rings. The quantitative estimate of drug-likeness (QED) is 0.922. The van der Waals surface area contributed by atoms with E-state index in [1.165, 1.54) is 6.33 Å². The number of aromatic nitrogens is 3. The maximum absolute atomic E-state index is 13.9. The molecule has 102 valence electrons. The van der Waals surface area contributed by atoms with E-state index in [9.17, 15) is 9.50 Å². The van der Waals surface area contributed by atoms with Gasteiger partial charge >= 0.3 is 0 Å². The Morgan fingerprint density at radius 3 is 2.79 bits per heavy atom. The highest BCUT2D eigenvalue weighted by Gasteiger charge is 2.18. The molecule has 1 aromatic heterocycles. The number of aliphatic hydroxyl groups is 1. The zero-order valence-electron chi connectivity index (χ0n) is 11.3. The van der Waals surface area contributed by atoms with E-state index in [4.69, 9.17) is 0 Å². The maximum Gasteiger partial charge on any atom is 0.138 e. The number of halogens is 1. The van der Waals surface area contributed by atoms with Crippen molar-refractivity contribution < 1.29 is 9.50 Å². The van der Waals surface area contributed by atoms with E-state index in [0.717, 1.165) is 0 Å². The van der Waals surface area contributed by atoms with Crippen LogP contribution in [-0.2, 0) is 6.42 Å². The van der Waals surface area contributed by atoms with Gasteiger partial charge in [0.1, 0.15) is 18.0 Å². The van der Waals surface area contributed by atoms with Crippen LogP contribution >= 0.6 is 0 Å². The van der Waals surface area contributed by atoms with E-state index in [-0.39, 0.29) is 18.3 Å². The molecular formula is C14H18FN3O. The van der Waals surface area contributed by atoms with Crippen LogP contribution in [0.3, 0.4) is 0 Å². The van der Waals surface area contributed by atoms with Crippen LogP contribution < -0.4 is 0 Å². The Bertz CT molecular complexity index is 566. The van der Waals surface area contributed by atoms with E-state index >= 15 is 0 Å². The molecule has 0 saturated carbocycles. The van der Waals surface area contributed by atoms with Gasteiger partial charge in [-0.25, -0.2) is 14.1 Å². The molecule has 0 aliphatic carbocycles. The van der Waals surface area contributed by atoms with Gasteiger partial charge in [-0.3, -0.25) is 0 Å². The summed E-state index contributed by atoms with van der Waals surface area (Å²) >= 11 is 0. The lowest BCUT2D eigenvalue weighted by Gasteiger charge is -2.14. The summed E-state index contributed by atoms with van der Waals surface area (Å²) in [6.07, 6.45) is 0.786. The minimum Gasteiger partial charge on any atom is -0.388 e. The van der Waals surface area contributed by atoms with Crippen molar-refractivity contribution in [2.45, 2.75) is 39.3 Å². The summed E-state index contributed by atoms with van der Waals surface area (Å²) in [5.41, 5.74) is 0.834. The van der Waals surface area contributed by atoms with Gasteiger partial charge in [0.05, 0.1) is 6.10 Å². The SMILES string of the molecule is Cc1cccc(C(O)Cc2ncnn2C(C)C)c1F. The number of benzene rings is 1. The second-order valence-electron chi connectivity index (χ2n) is 4.91. The maximum atomic E-state index is 13.9. The zero-order valence-corrected chi connectivity index (χ0v) is 11.3. The van der Waals surface area contributed by atoms with E-state index < -0.39 is 6.10 Å². The van der Waals surface area contributed by atoms with Crippen LogP contribution in [0.5, 0.6) is 0 Å². The lowest BCUT2D eigenvalue weighted by molar-refractivity contribution is 0.168. The summed E-state index contributed by atoms with van der Waals surface area (Å²) in [4.78, 5) is 4.12. The summed E-state index contributed by atoms with van der Waals surface area (Å²) in [5, 5.41) is 14.3. The van der Waals surface area contributed by atoms with Gasteiger partial charge in [-0.05, 0) is 26.3 Å². The molecule has 19 heavy (non-hydrogen) atoms. The van der Waals surface area contributed by atoms with Crippen molar-refractivity contribution in [3.05, 3.63) is 47.3 Å². The molecular weight excluding hydrogens is 245 g/mol. The molecule has 0 saturated heterocycles. The fraction of sp³-hybridized carbons (Fsp3) is 0.429. The number of nitrogens with zero attached hydrogens (tertiary/aromatic N) is 3. The average Bonchev–Trinajstić information content (AvgIpc) is 2.80. The fourth-order valence-electron chi connectivity index (χ4n) is 2.06. The zero-order chi connectivity index (χ0) is 14.0. The van der Waals surface area contributed by atoms with Crippen molar-refractivity contribution >= 4 is 0 Å². The lowest BCUT2D eigenvalue weighted by Crippen LogP contribution is -2.13. The average molecular weight is 263 g/mol. The second-order valence-corrected chi connectivity index (χ2v) is 4.91. The van der Waals surface area contributed by atoms with Crippen LogP contribution in [0.15, 0.2) is 24.5 Å². The standard InChI is InChI=1S/C14H18FN3O/c1-9(2)18-13(16-8-17-18)7-12(19)11-6-4-5-10(3)14(11)15/h4-6,8-9,12,19H,7H2,1-3H3. The van der Waals surface area contributed by atoms with Crippen LogP contribution in [0.25, 0.3) is 0 Å². The minimum absolute atomic E-state index is 0.159. The number of hydrogen-bond donors (Lipinski definition) is 1. The van der Waals surface area contributed by atoms with E-state index in [0.29, 0.717) is 17.0 Å². The van der Waals surface area contributed by atoms with Crippen molar-refractivity contribution in [2.24, 2.45) is 0 Å². The molecule has 0 amide bonds. The summed E-state index contributed by atoms with van der Waals surface area (Å²) in [6.45, 7) is 5.65. The first-order chi connectivity index (χ1) is 9.00. The monoisotopic (exact) mass is 263 g/mol. The highest BCUT2D eigenvalue weighted by molar-refractivity contribution is 5.27. The van der Waals surface area contributed by atoms with Crippen LogP contribution in [0.2, 0.25) is 0 Å². The molecule has 0 spiro atoms. The van der Waals surface area contributed by atoms with E-state index in [2.05, 4.69) is 10.1 Å². The molecule has 1 aromatic carbocycles. The van der Waals surface area contributed by atoms with Crippen LogP contribution in [0.1, 0.15) is 42.9 Å². The molecule has 0 fully saturated rings. The van der Waals surface area contributed by atoms with Gasteiger partial charge in [0.25, 0.3) is 0 Å². The summed E-state index contributed by atoms with van der Waals surface area (Å²) in [5.74, 6) is 0.300. The lowest BCUT2D eigenvalue weighted by atomic mass is 10.0. The Labute approximate surface area is 111 Å². The van der Waals surface area contributed by atoms with Crippen molar-refractivity contribution in [3.8, 4) is 0 Å². The third-order valence-electron chi connectivity index (χ3n) is 3.09. The first-order valence-electron chi connectivity index (χ1n) is 6.32. The summed E-state index contributed by atoms with van der Waals surface area (Å²) < 4.78 is 15.7. The molecule has 2 rings (SSSR count). The fourth-order valence-corrected chi connectivity index (χ4v) is 2.06. The molecule has 1 unspecified atom stereocenters. The van der Waals surface area contributed by atoms with Gasteiger partial charge in [-0.2, -0.15) is 5.10 Å². The molecule has 5 heteroatoms. The minimum atomic E-state index is -0.915. The van der Waals surface area contributed by atoms with Crippen molar-refractivity contribution in [3.63, 3.8) is 0 Å². The van der Waals surface area contributed by atoms with Crippen molar-refractivity contribution in [1.82, 2.24) is 14.8 Å². The number of hydrogen-bond acceptors (Lipinski definition) is 3.